The molecule has 5 heteroatoms. The molecule has 2 N–H and O–H groups in total. The van der Waals surface area contributed by atoms with E-state index in [9.17, 15) is 14.7 Å². The first-order chi connectivity index (χ1) is 8.04. The second-order valence-corrected chi connectivity index (χ2v) is 3.98. The summed E-state index contributed by atoms with van der Waals surface area (Å²) >= 11 is 0. The van der Waals surface area contributed by atoms with Gasteiger partial charge in [0, 0.05) is 18.9 Å². The number of ether oxygens (including phenoxy) is 1. The number of carbonyl (C=O) groups is 2. The van der Waals surface area contributed by atoms with Crippen molar-refractivity contribution in [3.05, 3.63) is 0 Å². The van der Waals surface area contributed by atoms with Crippen molar-refractivity contribution < 1.29 is 24.5 Å². The Hall–Kier alpha value is -0.940. The van der Waals surface area contributed by atoms with Crippen molar-refractivity contribution in [2.75, 3.05) is 13.2 Å². The largest absolute Gasteiger partial charge is 0.466 e. The van der Waals surface area contributed by atoms with Crippen LogP contribution in [0.1, 0.15) is 39.5 Å². The van der Waals surface area contributed by atoms with Gasteiger partial charge in [0.15, 0.2) is 0 Å². The lowest BCUT2D eigenvalue weighted by molar-refractivity contribution is -0.145. The van der Waals surface area contributed by atoms with Gasteiger partial charge in [-0.1, -0.05) is 6.92 Å². The number of hydrogen-bond acceptors (Lipinski definition) is 5. The number of hydrogen-bond donors (Lipinski definition) is 2. The maximum atomic E-state index is 11.4. The third kappa shape index (κ3) is 7.07. The maximum absolute atomic E-state index is 11.4. The van der Waals surface area contributed by atoms with Gasteiger partial charge >= 0.3 is 5.97 Å². The van der Waals surface area contributed by atoms with E-state index in [1.165, 1.54) is 0 Å². The molecule has 0 radical (unpaired) electrons. The Morgan fingerprint density at radius 1 is 1.29 bits per heavy atom. The van der Waals surface area contributed by atoms with E-state index >= 15 is 0 Å². The zero-order valence-corrected chi connectivity index (χ0v) is 10.5. The van der Waals surface area contributed by atoms with Crippen molar-refractivity contribution in [1.29, 1.82) is 0 Å². The van der Waals surface area contributed by atoms with Crippen LogP contribution in [0, 0.1) is 5.92 Å². The highest BCUT2D eigenvalue weighted by Crippen LogP contribution is 2.14. The minimum atomic E-state index is -0.601. The van der Waals surface area contributed by atoms with Crippen molar-refractivity contribution in [3.63, 3.8) is 0 Å². The molecule has 2 unspecified atom stereocenters. The highest BCUT2D eigenvalue weighted by Gasteiger charge is 2.19. The van der Waals surface area contributed by atoms with E-state index in [4.69, 9.17) is 5.11 Å². The molecule has 100 valence electrons. The number of ketones is 1. The summed E-state index contributed by atoms with van der Waals surface area (Å²) in [6, 6.07) is 0. The number of aliphatic hydroxyl groups is 2. The van der Waals surface area contributed by atoms with Gasteiger partial charge in [0.25, 0.3) is 0 Å². The normalized spacial score (nSPS) is 14.1. The Bertz CT molecular complexity index is 239. The maximum Gasteiger partial charge on any atom is 0.313 e. The zero-order valence-electron chi connectivity index (χ0n) is 10.5. The van der Waals surface area contributed by atoms with Crippen molar-refractivity contribution in [2.24, 2.45) is 5.92 Å². The minimum absolute atomic E-state index is 0.151. The van der Waals surface area contributed by atoms with Crippen LogP contribution in [0.5, 0.6) is 0 Å². The quantitative estimate of drug-likeness (QED) is 0.461. The third-order valence-corrected chi connectivity index (χ3v) is 2.64. The van der Waals surface area contributed by atoms with Gasteiger partial charge in [-0.3, -0.25) is 9.59 Å². The van der Waals surface area contributed by atoms with Gasteiger partial charge in [0.2, 0.25) is 0 Å². The van der Waals surface area contributed by atoms with Gasteiger partial charge in [0.05, 0.1) is 12.7 Å². The van der Waals surface area contributed by atoms with Crippen molar-refractivity contribution in [2.45, 2.75) is 45.6 Å². The van der Waals surface area contributed by atoms with Crippen molar-refractivity contribution in [1.82, 2.24) is 0 Å². The highest BCUT2D eigenvalue weighted by molar-refractivity contribution is 5.95. The average Bonchev–Trinajstić information content (AvgIpc) is 2.29. The van der Waals surface area contributed by atoms with Gasteiger partial charge < -0.3 is 14.9 Å². The summed E-state index contributed by atoms with van der Waals surface area (Å²) in [4.78, 5) is 22.4. The summed E-state index contributed by atoms with van der Waals surface area (Å²) in [7, 11) is 0. The molecule has 0 amide bonds. The first kappa shape index (κ1) is 16.1. The van der Waals surface area contributed by atoms with Gasteiger partial charge in [-0.15, -0.1) is 0 Å². The summed E-state index contributed by atoms with van der Waals surface area (Å²) < 4.78 is 4.66. The Kier molecular flexibility index (Phi) is 8.62. The standard InChI is InChI=1S/C12H22O5/c1-3-11(15)9(8-13)5-6-10(14)7-12(16)17-4-2/h9,11,13,15H,3-8H2,1-2H3. The van der Waals surface area contributed by atoms with Crippen LogP contribution < -0.4 is 0 Å². The first-order valence-corrected chi connectivity index (χ1v) is 6.01. The Balaban J connectivity index is 3.92. The first-order valence-electron chi connectivity index (χ1n) is 6.01. The number of rotatable bonds is 9. The van der Waals surface area contributed by atoms with Crippen LogP contribution in [-0.4, -0.2) is 41.3 Å². The van der Waals surface area contributed by atoms with Crippen LogP contribution in [0.2, 0.25) is 0 Å². The molecular weight excluding hydrogens is 224 g/mol. The summed E-state index contributed by atoms with van der Waals surface area (Å²) in [5.41, 5.74) is 0. The van der Waals surface area contributed by atoms with Crippen LogP contribution in [0.4, 0.5) is 0 Å². The van der Waals surface area contributed by atoms with Crippen LogP contribution >= 0.6 is 0 Å². The topological polar surface area (TPSA) is 83.8 Å². The predicted molar refractivity (Wildman–Crippen MR) is 62.4 cm³/mol. The van der Waals surface area contributed by atoms with Gasteiger partial charge in [-0.25, -0.2) is 0 Å². The molecule has 2 atom stereocenters. The number of Topliss-reactive ketones (excluding diaryl/α,β-unsaturated/α-hetero) is 1. The van der Waals surface area contributed by atoms with E-state index in [1.807, 2.05) is 6.92 Å². The summed E-state index contributed by atoms with van der Waals surface area (Å²) in [6.07, 6.45) is 0.284. The number of aliphatic hydroxyl groups excluding tert-OH is 2. The van der Waals surface area contributed by atoms with E-state index < -0.39 is 12.1 Å². The molecule has 0 rings (SSSR count). The molecule has 5 nitrogen and oxygen atoms in total. The zero-order chi connectivity index (χ0) is 13.3. The van der Waals surface area contributed by atoms with Crippen LogP contribution in [-0.2, 0) is 14.3 Å². The van der Waals surface area contributed by atoms with E-state index in [1.54, 1.807) is 6.92 Å². The monoisotopic (exact) mass is 246 g/mol. The second kappa shape index (κ2) is 9.13. The molecule has 0 spiro atoms. The molecule has 17 heavy (non-hydrogen) atoms. The van der Waals surface area contributed by atoms with Crippen molar-refractivity contribution >= 4 is 11.8 Å². The van der Waals surface area contributed by atoms with E-state index in [0.29, 0.717) is 12.8 Å². The molecule has 0 fully saturated rings. The van der Waals surface area contributed by atoms with E-state index in [-0.39, 0.29) is 37.8 Å². The summed E-state index contributed by atoms with van der Waals surface area (Å²) in [5, 5.41) is 18.6. The third-order valence-electron chi connectivity index (χ3n) is 2.64. The molecule has 0 saturated carbocycles. The Labute approximate surface area is 102 Å². The Morgan fingerprint density at radius 3 is 2.41 bits per heavy atom. The van der Waals surface area contributed by atoms with Crippen LogP contribution in [0.15, 0.2) is 0 Å². The average molecular weight is 246 g/mol. The molecule has 0 heterocycles. The lowest BCUT2D eigenvalue weighted by Gasteiger charge is -2.18. The number of esters is 1. The smallest absolute Gasteiger partial charge is 0.313 e. The Morgan fingerprint density at radius 2 is 1.94 bits per heavy atom. The van der Waals surface area contributed by atoms with E-state index in [0.717, 1.165) is 0 Å². The number of carbonyl (C=O) groups excluding carboxylic acids is 2. The molecular formula is C12H22O5. The van der Waals surface area contributed by atoms with Gasteiger partial charge in [-0.05, 0) is 19.8 Å². The molecule has 0 aromatic heterocycles. The lowest BCUT2D eigenvalue weighted by atomic mass is 9.94. The second-order valence-electron chi connectivity index (χ2n) is 3.98. The SMILES string of the molecule is CCOC(=O)CC(=O)CCC(CO)C(O)CC. The van der Waals surface area contributed by atoms with E-state index in [2.05, 4.69) is 4.74 Å². The molecule has 0 aliphatic rings. The molecule has 0 aliphatic heterocycles. The van der Waals surface area contributed by atoms with Gasteiger partial charge in [0.1, 0.15) is 12.2 Å². The predicted octanol–water partition coefficient (Wildman–Crippen LogP) is 0.668. The van der Waals surface area contributed by atoms with Crippen LogP contribution in [0.3, 0.4) is 0 Å². The molecule has 0 aromatic carbocycles. The molecule has 0 aliphatic carbocycles. The summed E-state index contributed by atoms with van der Waals surface area (Å²) in [5.74, 6) is -1.04. The fourth-order valence-electron chi connectivity index (χ4n) is 1.55. The summed E-state index contributed by atoms with van der Waals surface area (Å²) in [6.45, 7) is 3.61. The fourth-order valence-corrected chi connectivity index (χ4v) is 1.55. The highest BCUT2D eigenvalue weighted by atomic mass is 16.5. The molecule has 0 aromatic rings. The minimum Gasteiger partial charge on any atom is -0.466 e. The fraction of sp³-hybridized carbons (Fsp3) is 0.833. The molecule has 0 bridgehead atoms. The lowest BCUT2D eigenvalue weighted by Crippen LogP contribution is -2.24. The molecule has 0 saturated heterocycles. The van der Waals surface area contributed by atoms with Crippen LogP contribution in [0.25, 0.3) is 0 Å². The van der Waals surface area contributed by atoms with Crippen molar-refractivity contribution in [3.8, 4) is 0 Å². The van der Waals surface area contributed by atoms with Gasteiger partial charge in [-0.2, -0.15) is 0 Å².